The number of hydrogen-bond acceptors (Lipinski definition) is 6. The third-order valence-corrected chi connectivity index (χ3v) is 3.91. The molecule has 1 fully saturated rings. The first kappa shape index (κ1) is 21.2. The molecule has 0 radical (unpaired) electrons. The number of carbonyl (C=O) groups excluding carboxylic acids is 2. The summed E-state index contributed by atoms with van der Waals surface area (Å²) in [5, 5.41) is 1.15. The predicted octanol–water partition coefficient (Wildman–Crippen LogP) is 1.74. The number of rotatable bonds is 5. The number of hydrogen-bond donors (Lipinski definition) is 2. The summed E-state index contributed by atoms with van der Waals surface area (Å²) in [6.45, 7) is 0.699. The van der Waals surface area contributed by atoms with Crippen LogP contribution in [0.15, 0.2) is 18.2 Å². The molecule has 1 amide bonds. The molecule has 0 bridgehead atoms. The van der Waals surface area contributed by atoms with Crippen molar-refractivity contribution < 1.29 is 36.6 Å². The molecule has 1 aromatic rings. The van der Waals surface area contributed by atoms with Gasteiger partial charge in [-0.3, -0.25) is 10.2 Å². The summed E-state index contributed by atoms with van der Waals surface area (Å²) < 4.78 is 59.9. The molecule has 1 saturated heterocycles. The van der Waals surface area contributed by atoms with Gasteiger partial charge in [0.1, 0.15) is 11.6 Å². The highest BCUT2D eigenvalue weighted by atomic mass is 35.5. The lowest BCUT2D eigenvalue weighted by Gasteiger charge is -2.31. The number of hydrazine groups is 1. The van der Waals surface area contributed by atoms with Crippen LogP contribution in [0.5, 0.6) is 5.75 Å². The van der Waals surface area contributed by atoms with Crippen LogP contribution in [0.3, 0.4) is 0 Å². The maximum Gasteiger partial charge on any atom is 0.491 e. The van der Waals surface area contributed by atoms with Crippen molar-refractivity contribution in [2.45, 2.75) is 31.3 Å². The van der Waals surface area contributed by atoms with Crippen molar-refractivity contribution in [3.63, 3.8) is 0 Å². The molecule has 0 aliphatic carbocycles. The minimum Gasteiger partial charge on any atom is -0.446 e. The van der Waals surface area contributed by atoms with Crippen LogP contribution < -0.4 is 15.9 Å². The van der Waals surface area contributed by atoms with Crippen LogP contribution >= 0.6 is 11.6 Å². The molecule has 3 N–H and O–H groups in total. The minimum absolute atomic E-state index is 0.0506. The summed E-state index contributed by atoms with van der Waals surface area (Å²) in [4.78, 5) is 23.3. The molecular formula is C15H16ClF4N3O4. The van der Waals surface area contributed by atoms with Crippen molar-refractivity contribution in [3.05, 3.63) is 29.0 Å². The normalized spacial score (nSPS) is 17.3. The molecule has 12 heteroatoms. The number of esters is 1. The van der Waals surface area contributed by atoms with E-state index in [0.29, 0.717) is 25.9 Å². The van der Waals surface area contributed by atoms with Gasteiger partial charge in [0.05, 0.1) is 5.02 Å². The van der Waals surface area contributed by atoms with Gasteiger partial charge in [-0.25, -0.2) is 14.2 Å². The topological polar surface area (TPSA) is 93.9 Å². The number of nitrogens with two attached hydrogens (primary N) is 1. The SMILES string of the molecule is NC1CCN(NC(=O)C(OC(=O)C(F)(F)F)Oc2ccc(Cl)c(F)c2)CC1. The second kappa shape index (κ2) is 8.72. The predicted molar refractivity (Wildman–Crippen MR) is 84.9 cm³/mol. The van der Waals surface area contributed by atoms with Crippen LogP contribution in [0, 0.1) is 5.82 Å². The molecule has 150 valence electrons. The molecule has 0 aromatic heterocycles. The highest BCUT2D eigenvalue weighted by Crippen LogP contribution is 2.23. The van der Waals surface area contributed by atoms with E-state index < -0.39 is 30.2 Å². The Morgan fingerprint density at radius 2 is 1.93 bits per heavy atom. The van der Waals surface area contributed by atoms with E-state index in [4.69, 9.17) is 22.1 Å². The van der Waals surface area contributed by atoms with Crippen molar-refractivity contribution in [2.75, 3.05) is 13.1 Å². The summed E-state index contributed by atoms with van der Waals surface area (Å²) in [5.41, 5.74) is 8.02. The summed E-state index contributed by atoms with van der Waals surface area (Å²) in [6.07, 6.45) is -6.53. The fourth-order valence-corrected chi connectivity index (χ4v) is 2.31. The fourth-order valence-electron chi connectivity index (χ4n) is 2.19. The van der Waals surface area contributed by atoms with E-state index in [9.17, 15) is 27.2 Å². The van der Waals surface area contributed by atoms with Crippen molar-refractivity contribution in [2.24, 2.45) is 5.73 Å². The lowest BCUT2D eigenvalue weighted by Crippen LogP contribution is -2.54. The molecular weight excluding hydrogens is 398 g/mol. The number of benzene rings is 1. The van der Waals surface area contributed by atoms with Gasteiger partial charge in [0.2, 0.25) is 0 Å². The molecule has 2 rings (SSSR count). The van der Waals surface area contributed by atoms with Crippen LogP contribution in [0.4, 0.5) is 17.6 Å². The summed E-state index contributed by atoms with van der Waals surface area (Å²) >= 11 is 5.50. The first-order chi connectivity index (χ1) is 12.6. The highest BCUT2D eigenvalue weighted by molar-refractivity contribution is 6.30. The second-order valence-corrected chi connectivity index (χ2v) is 6.14. The van der Waals surface area contributed by atoms with E-state index in [2.05, 4.69) is 10.2 Å². The fraction of sp³-hybridized carbons (Fsp3) is 0.467. The number of amides is 1. The molecule has 1 atom stereocenters. The van der Waals surface area contributed by atoms with Gasteiger partial charge in [-0.05, 0) is 25.0 Å². The lowest BCUT2D eigenvalue weighted by molar-refractivity contribution is -0.217. The van der Waals surface area contributed by atoms with E-state index >= 15 is 0 Å². The number of nitrogens with one attached hydrogen (secondary N) is 1. The number of halogens is 5. The average Bonchev–Trinajstić information content (AvgIpc) is 2.58. The molecule has 1 heterocycles. The van der Waals surface area contributed by atoms with Crippen LogP contribution in [-0.4, -0.2) is 48.5 Å². The maximum atomic E-state index is 13.5. The Hall–Kier alpha value is -2.11. The monoisotopic (exact) mass is 413 g/mol. The van der Waals surface area contributed by atoms with E-state index in [0.717, 1.165) is 18.2 Å². The van der Waals surface area contributed by atoms with Gasteiger partial charge in [0.15, 0.2) is 0 Å². The Kier molecular flexibility index (Phi) is 6.84. The zero-order valence-corrected chi connectivity index (χ0v) is 14.5. The van der Waals surface area contributed by atoms with Crippen LogP contribution in [-0.2, 0) is 14.3 Å². The third kappa shape index (κ3) is 6.22. The minimum atomic E-state index is -5.34. The van der Waals surface area contributed by atoms with Gasteiger partial charge in [0.25, 0.3) is 0 Å². The third-order valence-electron chi connectivity index (χ3n) is 3.60. The highest BCUT2D eigenvalue weighted by Gasteiger charge is 2.44. The average molecular weight is 414 g/mol. The Labute approximate surface area is 156 Å². The zero-order valence-electron chi connectivity index (χ0n) is 13.8. The van der Waals surface area contributed by atoms with Crippen molar-refractivity contribution in [3.8, 4) is 5.75 Å². The van der Waals surface area contributed by atoms with Crippen molar-refractivity contribution >= 4 is 23.5 Å². The maximum absolute atomic E-state index is 13.5. The number of alkyl halides is 3. The number of ether oxygens (including phenoxy) is 2. The molecule has 1 aliphatic heterocycles. The summed E-state index contributed by atoms with van der Waals surface area (Å²) in [6, 6.07) is 2.86. The summed E-state index contributed by atoms with van der Waals surface area (Å²) in [7, 11) is 0. The van der Waals surface area contributed by atoms with E-state index in [1.807, 2.05) is 0 Å². The van der Waals surface area contributed by atoms with E-state index in [1.165, 1.54) is 5.01 Å². The Morgan fingerprint density at radius 1 is 1.30 bits per heavy atom. The van der Waals surface area contributed by atoms with Crippen molar-refractivity contribution in [1.82, 2.24) is 10.4 Å². The van der Waals surface area contributed by atoms with Gasteiger partial charge >= 0.3 is 24.3 Å². The molecule has 7 nitrogen and oxygen atoms in total. The smallest absolute Gasteiger partial charge is 0.446 e. The molecule has 0 spiro atoms. The standard InChI is InChI=1S/C15H16ClF4N3O4/c16-10-2-1-9(7-11(10)17)26-13(27-14(25)15(18,19)20)12(24)22-23-5-3-8(21)4-6-23/h1-2,7-8,13H,3-6,21H2,(H,22,24). The molecule has 27 heavy (non-hydrogen) atoms. The van der Waals surface area contributed by atoms with Gasteiger partial charge in [-0.15, -0.1) is 0 Å². The van der Waals surface area contributed by atoms with Crippen molar-refractivity contribution in [1.29, 1.82) is 0 Å². The first-order valence-electron chi connectivity index (χ1n) is 7.77. The van der Waals surface area contributed by atoms with Crippen LogP contribution in [0.1, 0.15) is 12.8 Å². The van der Waals surface area contributed by atoms with Crippen LogP contribution in [0.2, 0.25) is 5.02 Å². The Balaban J connectivity index is 2.11. The quantitative estimate of drug-likeness (QED) is 0.434. The zero-order chi connectivity index (χ0) is 20.2. The second-order valence-electron chi connectivity index (χ2n) is 5.73. The summed E-state index contributed by atoms with van der Waals surface area (Å²) in [5.74, 6) is -5.08. The number of nitrogens with zero attached hydrogens (tertiary/aromatic N) is 1. The molecule has 0 saturated carbocycles. The van der Waals surface area contributed by atoms with Gasteiger partial charge in [0, 0.05) is 25.2 Å². The van der Waals surface area contributed by atoms with Crippen LogP contribution in [0.25, 0.3) is 0 Å². The van der Waals surface area contributed by atoms with E-state index in [1.54, 1.807) is 0 Å². The first-order valence-corrected chi connectivity index (χ1v) is 8.14. The molecule has 1 aliphatic rings. The Morgan fingerprint density at radius 3 is 2.48 bits per heavy atom. The molecule has 1 aromatic carbocycles. The lowest BCUT2D eigenvalue weighted by atomic mass is 10.1. The Bertz CT molecular complexity index is 696. The van der Waals surface area contributed by atoms with E-state index in [-0.39, 0.29) is 16.8 Å². The number of carbonyl (C=O) groups is 2. The molecule has 1 unspecified atom stereocenters. The van der Waals surface area contributed by atoms with Gasteiger partial charge in [-0.2, -0.15) is 13.2 Å². The largest absolute Gasteiger partial charge is 0.491 e. The van der Waals surface area contributed by atoms with Gasteiger partial charge < -0.3 is 15.2 Å². The van der Waals surface area contributed by atoms with Gasteiger partial charge in [-0.1, -0.05) is 11.6 Å². The number of piperidine rings is 1.